The van der Waals surface area contributed by atoms with Crippen LogP contribution in [0, 0.1) is 0 Å². The lowest BCUT2D eigenvalue weighted by molar-refractivity contribution is -0.126. The molecule has 0 saturated carbocycles. The van der Waals surface area contributed by atoms with Crippen LogP contribution in [0.3, 0.4) is 0 Å². The molecule has 1 unspecified atom stereocenters. The molecule has 29 heavy (non-hydrogen) atoms. The van der Waals surface area contributed by atoms with Gasteiger partial charge in [0, 0.05) is 13.1 Å². The minimum absolute atomic E-state index is 0.705. The topological polar surface area (TPSA) is 23.5 Å². The molecule has 1 atom stereocenters. The molecule has 4 rings (SSSR count). The van der Waals surface area contributed by atoms with Crippen molar-refractivity contribution >= 4 is 16.9 Å². The number of likely N-dealkylation sites (tertiary alicyclic amines) is 1. The third-order valence-electron chi connectivity index (χ3n) is 5.81. The average Bonchev–Trinajstić information content (AvgIpc) is 3.34. The number of hydrogen-bond donors (Lipinski definition) is 1. The Kier molecular flexibility index (Phi) is 6.60. The maximum Gasteiger partial charge on any atom is 0.154 e. The van der Waals surface area contributed by atoms with Crippen molar-refractivity contribution in [3.8, 4) is 0 Å². The highest BCUT2D eigenvalue weighted by atomic mass is 32.1. The van der Waals surface area contributed by atoms with Crippen LogP contribution in [0.2, 0.25) is 0 Å². The normalized spacial score (nSPS) is 16.9. The van der Waals surface area contributed by atoms with E-state index in [0.717, 1.165) is 24.4 Å². The van der Waals surface area contributed by atoms with Crippen molar-refractivity contribution in [2.45, 2.75) is 37.8 Å². The van der Waals surface area contributed by atoms with E-state index in [1.807, 2.05) is 6.07 Å². The molecule has 150 valence electrons. The predicted octanol–water partition coefficient (Wildman–Crippen LogP) is 6.29. The molecule has 0 spiro atoms. The van der Waals surface area contributed by atoms with E-state index in [9.17, 15) is 5.11 Å². The van der Waals surface area contributed by atoms with E-state index in [1.165, 1.54) is 36.0 Å². The van der Waals surface area contributed by atoms with Gasteiger partial charge in [-0.25, -0.2) is 0 Å². The van der Waals surface area contributed by atoms with E-state index in [2.05, 4.69) is 83.1 Å². The minimum atomic E-state index is -0.871. The standard InChI is InChI=1S/C26H29NOS/c28-26(25-17-11-21-29-25,27-19-8-3-9-20-27)18-10-16-24(22-12-4-1-5-13-22)23-14-6-2-7-15-23/h1-2,4-7,11-17,21,28H,3,8-10,18-20H2. The first-order chi connectivity index (χ1) is 14.3. The average molecular weight is 404 g/mol. The minimum Gasteiger partial charge on any atom is -0.370 e. The van der Waals surface area contributed by atoms with Gasteiger partial charge in [-0.1, -0.05) is 79.2 Å². The number of hydrogen-bond acceptors (Lipinski definition) is 3. The van der Waals surface area contributed by atoms with Crippen LogP contribution >= 0.6 is 11.3 Å². The number of nitrogens with zero attached hydrogens (tertiary/aromatic N) is 1. The number of rotatable bonds is 7. The van der Waals surface area contributed by atoms with Crippen LogP contribution < -0.4 is 0 Å². The Bertz CT molecular complexity index is 857. The molecule has 1 fully saturated rings. The molecule has 2 nitrogen and oxygen atoms in total. The van der Waals surface area contributed by atoms with Gasteiger partial charge < -0.3 is 5.11 Å². The summed E-state index contributed by atoms with van der Waals surface area (Å²) in [7, 11) is 0. The van der Waals surface area contributed by atoms with Crippen molar-refractivity contribution in [3.63, 3.8) is 0 Å². The number of piperidine rings is 1. The molecule has 1 aromatic heterocycles. The van der Waals surface area contributed by atoms with Gasteiger partial charge >= 0.3 is 0 Å². The smallest absolute Gasteiger partial charge is 0.154 e. The van der Waals surface area contributed by atoms with Crippen LogP contribution in [0.5, 0.6) is 0 Å². The Hall–Kier alpha value is -2.20. The van der Waals surface area contributed by atoms with Crippen molar-refractivity contribution in [2.24, 2.45) is 0 Å². The molecule has 3 heteroatoms. The maximum absolute atomic E-state index is 11.8. The van der Waals surface area contributed by atoms with Crippen LogP contribution in [-0.4, -0.2) is 23.1 Å². The molecule has 1 saturated heterocycles. The zero-order valence-corrected chi connectivity index (χ0v) is 17.7. The van der Waals surface area contributed by atoms with Crippen LogP contribution in [0.25, 0.3) is 5.57 Å². The van der Waals surface area contributed by atoms with E-state index in [0.29, 0.717) is 6.42 Å². The third-order valence-corrected chi connectivity index (χ3v) is 6.82. The fraction of sp³-hybridized carbons (Fsp3) is 0.308. The SMILES string of the molecule is OC(CCC=C(c1ccccc1)c1ccccc1)(c1cccs1)N1CCCCC1. The first kappa shape index (κ1) is 20.1. The van der Waals surface area contributed by atoms with E-state index in [1.54, 1.807) is 11.3 Å². The third kappa shape index (κ3) is 4.69. The molecule has 3 aromatic rings. The summed E-state index contributed by atoms with van der Waals surface area (Å²) in [5.41, 5.74) is 2.80. The predicted molar refractivity (Wildman–Crippen MR) is 123 cm³/mol. The summed E-state index contributed by atoms with van der Waals surface area (Å²) in [5.74, 6) is 0. The fourth-order valence-electron chi connectivity index (χ4n) is 4.26. The molecule has 1 N–H and O–H groups in total. The maximum atomic E-state index is 11.8. The van der Waals surface area contributed by atoms with Crippen LogP contribution in [0.1, 0.15) is 48.1 Å². The number of allylic oxidation sites excluding steroid dienone is 1. The number of thiophene rings is 1. The quantitative estimate of drug-likeness (QED) is 0.501. The second-order valence-corrected chi connectivity index (χ2v) is 8.68. The van der Waals surface area contributed by atoms with E-state index >= 15 is 0 Å². The van der Waals surface area contributed by atoms with Crippen LogP contribution in [-0.2, 0) is 5.72 Å². The largest absolute Gasteiger partial charge is 0.370 e. The summed E-state index contributed by atoms with van der Waals surface area (Å²) in [4.78, 5) is 3.36. The van der Waals surface area contributed by atoms with Gasteiger partial charge in [0.15, 0.2) is 5.72 Å². The van der Waals surface area contributed by atoms with Gasteiger partial charge in [-0.15, -0.1) is 11.3 Å². The fourth-order valence-corrected chi connectivity index (χ4v) is 5.14. The van der Waals surface area contributed by atoms with Gasteiger partial charge in [-0.2, -0.15) is 0 Å². The first-order valence-corrected chi connectivity index (χ1v) is 11.5. The first-order valence-electron chi connectivity index (χ1n) is 10.6. The zero-order valence-electron chi connectivity index (χ0n) is 16.8. The zero-order chi connectivity index (χ0) is 19.9. The van der Waals surface area contributed by atoms with Crippen LogP contribution in [0.4, 0.5) is 0 Å². The van der Waals surface area contributed by atoms with Crippen molar-refractivity contribution in [1.29, 1.82) is 0 Å². The number of aliphatic hydroxyl groups is 1. The molecule has 2 heterocycles. The van der Waals surface area contributed by atoms with E-state index < -0.39 is 5.72 Å². The summed E-state index contributed by atoms with van der Waals surface area (Å²) in [6, 6.07) is 25.2. The van der Waals surface area contributed by atoms with Crippen molar-refractivity contribution < 1.29 is 5.11 Å². The van der Waals surface area contributed by atoms with Crippen LogP contribution in [0.15, 0.2) is 84.3 Å². The Morgan fingerprint density at radius 3 is 2.03 bits per heavy atom. The molecule has 0 aliphatic carbocycles. The Labute approximate surface area is 178 Å². The molecule has 1 aliphatic rings. The molecule has 0 radical (unpaired) electrons. The Morgan fingerprint density at radius 1 is 0.862 bits per heavy atom. The van der Waals surface area contributed by atoms with E-state index in [-0.39, 0.29) is 0 Å². The van der Waals surface area contributed by atoms with Gasteiger partial charge in [0.1, 0.15) is 0 Å². The summed E-state index contributed by atoms with van der Waals surface area (Å²) in [5, 5.41) is 13.8. The van der Waals surface area contributed by atoms with E-state index in [4.69, 9.17) is 0 Å². The molecular formula is C26H29NOS. The molecule has 1 aliphatic heterocycles. The molecular weight excluding hydrogens is 374 g/mol. The van der Waals surface area contributed by atoms with Crippen molar-refractivity contribution in [2.75, 3.05) is 13.1 Å². The van der Waals surface area contributed by atoms with Gasteiger partial charge in [0.25, 0.3) is 0 Å². The second kappa shape index (κ2) is 9.53. The lowest BCUT2D eigenvalue weighted by Gasteiger charge is -2.41. The molecule has 0 amide bonds. The lowest BCUT2D eigenvalue weighted by atomic mass is 9.94. The highest BCUT2D eigenvalue weighted by molar-refractivity contribution is 7.10. The van der Waals surface area contributed by atoms with Crippen molar-refractivity contribution in [3.05, 3.63) is 100 Å². The lowest BCUT2D eigenvalue weighted by Crippen LogP contribution is -2.48. The Balaban J connectivity index is 1.60. The number of benzene rings is 2. The summed E-state index contributed by atoms with van der Waals surface area (Å²) in [6.07, 6.45) is 7.43. The molecule has 2 aromatic carbocycles. The monoisotopic (exact) mass is 403 g/mol. The van der Waals surface area contributed by atoms with Crippen molar-refractivity contribution in [1.82, 2.24) is 4.90 Å². The highest BCUT2D eigenvalue weighted by Crippen LogP contribution is 2.36. The van der Waals surface area contributed by atoms with Gasteiger partial charge in [-0.05, 0) is 53.8 Å². The second-order valence-electron chi connectivity index (χ2n) is 7.73. The Morgan fingerprint density at radius 2 is 1.48 bits per heavy atom. The van der Waals surface area contributed by atoms with Gasteiger partial charge in [-0.3, -0.25) is 4.90 Å². The van der Waals surface area contributed by atoms with Gasteiger partial charge in [0.2, 0.25) is 0 Å². The molecule has 0 bridgehead atoms. The summed E-state index contributed by atoms with van der Waals surface area (Å²) < 4.78 is 0. The summed E-state index contributed by atoms with van der Waals surface area (Å²) in [6.45, 7) is 1.95. The van der Waals surface area contributed by atoms with Gasteiger partial charge in [0.05, 0.1) is 4.88 Å². The summed E-state index contributed by atoms with van der Waals surface area (Å²) >= 11 is 1.66. The highest BCUT2D eigenvalue weighted by Gasteiger charge is 2.37.